The lowest BCUT2D eigenvalue weighted by atomic mass is 10.1. The zero-order valence-electron chi connectivity index (χ0n) is 22.0. The summed E-state index contributed by atoms with van der Waals surface area (Å²) in [5.41, 5.74) is -3.52. The molecule has 2 saturated heterocycles. The average molecular weight is 598 g/mol. The van der Waals surface area contributed by atoms with E-state index in [9.17, 15) is 35.9 Å². The third-order valence-corrected chi connectivity index (χ3v) is 7.14. The van der Waals surface area contributed by atoms with Gasteiger partial charge in [-0.1, -0.05) is 6.07 Å². The van der Waals surface area contributed by atoms with Crippen LogP contribution in [0.5, 0.6) is 5.75 Å². The quantitative estimate of drug-likeness (QED) is 0.430. The topological polar surface area (TPSA) is 108 Å². The fourth-order valence-corrected chi connectivity index (χ4v) is 5.04. The maximum atomic E-state index is 13.6. The van der Waals surface area contributed by atoms with Crippen molar-refractivity contribution in [3.63, 3.8) is 0 Å². The smallest absolute Gasteiger partial charge is 0.423 e. The van der Waals surface area contributed by atoms with Gasteiger partial charge in [0, 0.05) is 50.7 Å². The monoisotopic (exact) mass is 597 g/mol. The lowest BCUT2D eigenvalue weighted by Crippen LogP contribution is -2.49. The first-order valence-electron chi connectivity index (χ1n) is 13.0. The minimum atomic E-state index is -4.86. The first-order valence-corrected chi connectivity index (χ1v) is 13.0. The average Bonchev–Trinajstić information content (AvgIpc) is 3.43. The molecule has 224 valence electrons. The number of hydrogen-bond acceptors (Lipinski definition) is 8. The van der Waals surface area contributed by atoms with Gasteiger partial charge in [-0.05, 0) is 31.0 Å². The van der Waals surface area contributed by atoms with E-state index in [-0.39, 0.29) is 37.2 Å². The summed E-state index contributed by atoms with van der Waals surface area (Å²) in [4.78, 5) is 37.4. The number of halogens is 6. The molecular formula is C26H25F6N7O3. The standard InChI is InChI=1S/C26H25F6N7O3/c27-25(28,29)17-12-33-24(34-13-17)38-9-7-37(8-10-38)23(41)16-3-1-5-19(11-16)42-15-18-4-2-6-39(18)20-14-35-36-22(40)21(20)26(30,31)32/h1,3,5,11-14,18H,2,4,6-10,15H2,(H,36,40). The number of nitrogens with one attached hydrogen (secondary N) is 1. The van der Waals surface area contributed by atoms with Gasteiger partial charge in [0.25, 0.3) is 11.5 Å². The Morgan fingerprint density at radius 2 is 1.69 bits per heavy atom. The number of alkyl halides is 6. The zero-order chi connectivity index (χ0) is 30.1. The van der Waals surface area contributed by atoms with Crippen LogP contribution in [0.25, 0.3) is 0 Å². The van der Waals surface area contributed by atoms with Gasteiger partial charge in [0.05, 0.1) is 23.5 Å². The maximum absolute atomic E-state index is 13.6. The summed E-state index contributed by atoms with van der Waals surface area (Å²) in [7, 11) is 0. The van der Waals surface area contributed by atoms with Gasteiger partial charge in [-0.3, -0.25) is 9.59 Å². The fraction of sp³-hybridized carbons (Fsp3) is 0.423. The van der Waals surface area contributed by atoms with Crippen LogP contribution in [0.1, 0.15) is 34.3 Å². The number of nitrogens with zero attached hydrogens (tertiary/aromatic N) is 6. The second-order valence-electron chi connectivity index (χ2n) is 9.83. The lowest BCUT2D eigenvalue weighted by Gasteiger charge is -2.34. The summed E-state index contributed by atoms with van der Waals surface area (Å²) >= 11 is 0. The van der Waals surface area contributed by atoms with Crippen LogP contribution in [0.2, 0.25) is 0 Å². The molecule has 2 aliphatic rings. The number of ether oxygens (including phenoxy) is 1. The molecule has 0 aliphatic carbocycles. The van der Waals surface area contributed by atoms with Gasteiger partial charge < -0.3 is 19.4 Å². The molecule has 0 radical (unpaired) electrons. The number of carbonyl (C=O) groups is 1. The molecule has 1 amide bonds. The van der Waals surface area contributed by atoms with Crippen molar-refractivity contribution in [3.8, 4) is 5.75 Å². The number of carbonyl (C=O) groups excluding carboxylic acids is 1. The van der Waals surface area contributed by atoms with Gasteiger partial charge in [-0.2, -0.15) is 31.4 Å². The van der Waals surface area contributed by atoms with Crippen molar-refractivity contribution in [1.82, 2.24) is 25.1 Å². The van der Waals surface area contributed by atoms with E-state index < -0.39 is 35.1 Å². The molecule has 2 aliphatic heterocycles. The SMILES string of the molecule is O=C(c1cccc(OCC2CCCN2c2cn[nH]c(=O)c2C(F)(F)F)c1)N1CCN(c2ncc(C(F)(F)F)cn2)CC1. The second-order valence-corrected chi connectivity index (χ2v) is 9.83. The van der Waals surface area contributed by atoms with Crippen molar-refractivity contribution in [2.45, 2.75) is 31.2 Å². The number of aromatic amines is 1. The highest BCUT2D eigenvalue weighted by atomic mass is 19.4. The largest absolute Gasteiger partial charge is 0.491 e. The van der Waals surface area contributed by atoms with Crippen molar-refractivity contribution in [1.29, 1.82) is 0 Å². The molecule has 10 nitrogen and oxygen atoms in total. The summed E-state index contributed by atoms with van der Waals surface area (Å²) in [5, 5.41) is 5.39. The van der Waals surface area contributed by atoms with Crippen molar-refractivity contribution in [3.05, 3.63) is 69.9 Å². The normalized spacial score (nSPS) is 18.0. The summed E-state index contributed by atoms with van der Waals surface area (Å²) in [6, 6.07) is 5.97. The molecular weight excluding hydrogens is 572 g/mol. The summed E-state index contributed by atoms with van der Waals surface area (Å²) in [5.74, 6) is 0.217. The Labute approximate surface area is 234 Å². The molecule has 2 aromatic heterocycles. The van der Waals surface area contributed by atoms with Gasteiger partial charge >= 0.3 is 12.4 Å². The first kappa shape index (κ1) is 29.1. The third-order valence-electron chi connectivity index (χ3n) is 7.14. The number of hydrogen-bond donors (Lipinski definition) is 1. The second kappa shape index (κ2) is 11.5. The van der Waals surface area contributed by atoms with Crippen molar-refractivity contribution in [2.24, 2.45) is 0 Å². The maximum Gasteiger partial charge on any atom is 0.423 e. The molecule has 42 heavy (non-hydrogen) atoms. The van der Waals surface area contributed by atoms with Crippen molar-refractivity contribution < 1.29 is 35.9 Å². The Morgan fingerprint density at radius 1 is 0.976 bits per heavy atom. The van der Waals surface area contributed by atoms with Crippen LogP contribution in [0.3, 0.4) is 0 Å². The van der Waals surface area contributed by atoms with E-state index in [0.717, 1.165) is 18.6 Å². The Balaban J connectivity index is 1.20. The predicted molar refractivity (Wildman–Crippen MR) is 137 cm³/mol. The molecule has 5 rings (SSSR count). The van der Waals surface area contributed by atoms with Crippen LogP contribution >= 0.6 is 0 Å². The number of H-pyrrole nitrogens is 1. The molecule has 1 aromatic carbocycles. The molecule has 0 spiro atoms. The van der Waals surface area contributed by atoms with E-state index in [1.165, 1.54) is 4.90 Å². The van der Waals surface area contributed by atoms with Crippen LogP contribution in [0.4, 0.5) is 38.0 Å². The molecule has 1 atom stereocenters. The van der Waals surface area contributed by atoms with Gasteiger partial charge in [-0.25, -0.2) is 15.1 Å². The molecule has 1 unspecified atom stereocenters. The van der Waals surface area contributed by atoms with Crippen LogP contribution in [-0.2, 0) is 12.4 Å². The van der Waals surface area contributed by atoms with Gasteiger partial charge in [0.2, 0.25) is 5.95 Å². The third kappa shape index (κ3) is 6.26. The molecule has 0 saturated carbocycles. The number of amides is 1. The van der Waals surface area contributed by atoms with E-state index in [4.69, 9.17) is 4.74 Å². The zero-order valence-corrected chi connectivity index (χ0v) is 22.0. The molecule has 4 heterocycles. The summed E-state index contributed by atoms with van der Waals surface area (Å²) < 4.78 is 85.0. The highest BCUT2D eigenvalue weighted by molar-refractivity contribution is 5.94. The molecule has 3 aromatic rings. The highest BCUT2D eigenvalue weighted by Crippen LogP contribution is 2.36. The first-order chi connectivity index (χ1) is 19.9. The van der Waals surface area contributed by atoms with Crippen LogP contribution in [-0.4, -0.2) is 76.3 Å². The number of rotatable bonds is 6. The van der Waals surface area contributed by atoms with Crippen LogP contribution in [0, 0.1) is 0 Å². The predicted octanol–water partition coefficient (Wildman–Crippen LogP) is 3.61. The van der Waals surface area contributed by atoms with E-state index in [2.05, 4.69) is 15.1 Å². The van der Waals surface area contributed by atoms with E-state index in [1.807, 2.05) is 5.10 Å². The van der Waals surface area contributed by atoms with Gasteiger partial charge in [0.15, 0.2) is 0 Å². The minimum Gasteiger partial charge on any atom is -0.491 e. The van der Waals surface area contributed by atoms with E-state index in [1.54, 1.807) is 34.1 Å². The Bertz CT molecular complexity index is 1470. The Kier molecular flexibility index (Phi) is 7.97. The molecule has 16 heteroatoms. The van der Waals surface area contributed by atoms with E-state index in [0.29, 0.717) is 43.8 Å². The molecule has 0 bridgehead atoms. The van der Waals surface area contributed by atoms with Crippen LogP contribution < -0.4 is 20.1 Å². The van der Waals surface area contributed by atoms with E-state index >= 15 is 0 Å². The fourth-order valence-electron chi connectivity index (χ4n) is 5.04. The van der Waals surface area contributed by atoms with Crippen LogP contribution in [0.15, 0.2) is 47.7 Å². The Morgan fingerprint density at radius 3 is 2.36 bits per heavy atom. The molecule has 2 fully saturated rings. The molecule has 1 N–H and O–H groups in total. The number of benzene rings is 1. The minimum absolute atomic E-state index is 0.0214. The summed E-state index contributed by atoms with van der Waals surface area (Å²) in [6.07, 6.45) is -5.82. The van der Waals surface area contributed by atoms with Gasteiger partial charge in [0.1, 0.15) is 17.9 Å². The Hall–Kier alpha value is -4.37. The van der Waals surface area contributed by atoms with Gasteiger partial charge in [-0.15, -0.1) is 0 Å². The summed E-state index contributed by atoms with van der Waals surface area (Å²) in [6.45, 7) is 1.54. The van der Waals surface area contributed by atoms with Crippen molar-refractivity contribution >= 4 is 17.5 Å². The number of aromatic nitrogens is 4. The van der Waals surface area contributed by atoms with Crippen molar-refractivity contribution in [2.75, 3.05) is 49.1 Å². The number of anilines is 2. The lowest BCUT2D eigenvalue weighted by molar-refractivity contribution is -0.139. The number of piperazine rings is 1. The highest BCUT2D eigenvalue weighted by Gasteiger charge is 2.41.